The fraction of sp³-hybridized carbons (Fsp3) is 0.364. The third-order valence-corrected chi connectivity index (χ3v) is 5.11. The predicted octanol–water partition coefficient (Wildman–Crippen LogP) is 1.72. The minimum Gasteiger partial charge on any atom is -0.480 e. The van der Waals surface area contributed by atoms with Crippen molar-refractivity contribution in [1.29, 1.82) is 0 Å². The molecule has 2 rings (SSSR count). The Morgan fingerprint density at radius 2 is 2.11 bits per heavy atom. The lowest BCUT2D eigenvalue weighted by Crippen LogP contribution is -2.37. The van der Waals surface area contributed by atoms with Crippen molar-refractivity contribution in [3.8, 4) is 0 Å². The molecule has 0 aliphatic heterocycles. The Hall–Kier alpha value is -1.18. The van der Waals surface area contributed by atoms with Gasteiger partial charge in [-0.2, -0.15) is 4.31 Å². The fourth-order valence-electron chi connectivity index (χ4n) is 1.71. The molecule has 1 aliphatic rings. The van der Waals surface area contributed by atoms with Crippen LogP contribution in [0.2, 0.25) is 5.02 Å². The van der Waals surface area contributed by atoms with Gasteiger partial charge in [-0.3, -0.25) is 4.79 Å². The van der Waals surface area contributed by atoms with Crippen molar-refractivity contribution in [3.05, 3.63) is 29.0 Å². The summed E-state index contributed by atoms with van der Waals surface area (Å²) in [7, 11) is -4.11. The Morgan fingerprint density at radius 3 is 2.63 bits per heavy atom. The van der Waals surface area contributed by atoms with E-state index in [9.17, 15) is 17.6 Å². The molecule has 0 bridgehead atoms. The van der Waals surface area contributed by atoms with Gasteiger partial charge in [0.15, 0.2) is 0 Å². The van der Waals surface area contributed by atoms with Crippen LogP contribution in [0.25, 0.3) is 0 Å². The molecule has 0 amide bonds. The van der Waals surface area contributed by atoms with Gasteiger partial charge in [-0.25, -0.2) is 12.8 Å². The summed E-state index contributed by atoms with van der Waals surface area (Å²) in [6, 6.07) is 2.63. The van der Waals surface area contributed by atoms with E-state index in [2.05, 4.69) is 0 Å². The van der Waals surface area contributed by atoms with Crippen LogP contribution < -0.4 is 0 Å². The second kappa shape index (κ2) is 5.07. The molecule has 8 heteroatoms. The van der Waals surface area contributed by atoms with Gasteiger partial charge in [-0.15, -0.1) is 0 Å². The number of carboxylic acids is 1. The molecule has 1 N–H and O–H groups in total. The van der Waals surface area contributed by atoms with E-state index in [-0.39, 0.29) is 11.1 Å². The Balaban J connectivity index is 2.44. The lowest BCUT2D eigenvalue weighted by molar-refractivity contribution is -0.137. The predicted molar refractivity (Wildman–Crippen MR) is 66.0 cm³/mol. The average Bonchev–Trinajstić information content (AvgIpc) is 3.12. The first-order valence-corrected chi connectivity index (χ1v) is 7.33. The number of sulfonamides is 1. The summed E-state index contributed by atoms with van der Waals surface area (Å²) in [4.78, 5) is 10.4. The van der Waals surface area contributed by atoms with Crippen LogP contribution in [-0.2, 0) is 14.8 Å². The summed E-state index contributed by atoms with van der Waals surface area (Å²) in [6.07, 6.45) is 1.19. The van der Waals surface area contributed by atoms with E-state index in [4.69, 9.17) is 16.7 Å². The zero-order chi connectivity index (χ0) is 14.2. The molecule has 0 aromatic heterocycles. The van der Waals surface area contributed by atoms with E-state index < -0.39 is 33.3 Å². The van der Waals surface area contributed by atoms with Gasteiger partial charge in [-0.1, -0.05) is 11.6 Å². The SMILES string of the molecule is O=C(O)CN(C1CC1)S(=O)(=O)c1cc(F)ccc1Cl. The number of hydrogen-bond acceptors (Lipinski definition) is 3. The van der Waals surface area contributed by atoms with Crippen molar-refractivity contribution in [2.75, 3.05) is 6.54 Å². The molecule has 0 radical (unpaired) electrons. The van der Waals surface area contributed by atoms with Crippen LogP contribution in [0.5, 0.6) is 0 Å². The number of carbonyl (C=O) groups is 1. The molecule has 1 aliphatic carbocycles. The third-order valence-electron chi connectivity index (χ3n) is 2.73. The molecule has 1 aromatic carbocycles. The first-order valence-electron chi connectivity index (χ1n) is 5.51. The molecule has 0 spiro atoms. The lowest BCUT2D eigenvalue weighted by atomic mass is 10.3. The van der Waals surface area contributed by atoms with Crippen molar-refractivity contribution in [2.45, 2.75) is 23.8 Å². The van der Waals surface area contributed by atoms with Gasteiger partial charge in [0.05, 0.1) is 5.02 Å². The quantitative estimate of drug-likeness (QED) is 0.898. The molecule has 1 fully saturated rings. The van der Waals surface area contributed by atoms with Crippen LogP contribution in [0.4, 0.5) is 4.39 Å². The highest BCUT2D eigenvalue weighted by Gasteiger charge is 2.40. The van der Waals surface area contributed by atoms with Crippen LogP contribution in [0, 0.1) is 5.82 Å². The maximum atomic E-state index is 13.2. The van der Waals surface area contributed by atoms with Crippen LogP contribution in [0.15, 0.2) is 23.1 Å². The lowest BCUT2D eigenvalue weighted by Gasteiger charge is -2.20. The fourth-order valence-corrected chi connectivity index (χ4v) is 3.83. The molecular formula is C11H11ClFNO4S. The number of hydrogen-bond donors (Lipinski definition) is 1. The molecule has 0 saturated heterocycles. The first kappa shape index (κ1) is 14.2. The van der Waals surface area contributed by atoms with Gasteiger partial charge in [0, 0.05) is 6.04 Å². The minimum atomic E-state index is -4.11. The highest BCUT2D eigenvalue weighted by molar-refractivity contribution is 7.89. The summed E-state index contributed by atoms with van der Waals surface area (Å²) < 4.78 is 38.7. The maximum absolute atomic E-state index is 13.2. The molecule has 5 nitrogen and oxygen atoms in total. The highest BCUT2D eigenvalue weighted by atomic mass is 35.5. The second-order valence-electron chi connectivity index (χ2n) is 4.25. The van der Waals surface area contributed by atoms with Gasteiger partial charge < -0.3 is 5.11 Å². The van der Waals surface area contributed by atoms with Crippen molar-refractivity contribution in [3.63, 3.8) is 0 Å². The number of rotatable bonds is 5. The van der Waals surface area contributed by atoms with E-state index in [1.54, 1.807) is 0 Å². The van der Waals surface area contributed by atoms with Crippen molar-refractivity contribution >= 4 is 27.6 Å². The van der Waals surface area contributed by atoms with E-state index in [0.29, 0.717) is 12.8 Å². The summed E-state index contributed by atoms with van der Waals surface area (Å²) >= 11 is 5.77. The van der Waals surface area contributed by atoms with E-state index in [0.717, 1.165) is 22.5 Å². The number of halogens is 2. The standard InChI is InChI=1S/C11H11ClFNO4S/c12-9-4-1-7(13)5-10(9)19(17,18)14(6-11(15)16)8-2-3-8/h1,4-5,8H,2-3,6H2,(H,15,16). The molecule has 0 atom stereocenters. The third kappa shape index (κ3) is 3.05. The Bertz CT molecular complexity index is 615. The molecule has 0 heterocycles. The molecular weight excluding hydrogens is 297 g/mol. The number of aliphatic carboxylic acids is 1. The van der Waals surface area contributed by atoms with Crippen LogP contribution in [0.3, 0.4) is 0 Å². The molecule has 1 saturated carbocycles. The molecule has 19 heavy (non-hydrogen) atoms. The molecule has 104 valence electrons. The summed E-state index contributed by atoms with van der Waals surface area (Å²) in [5, 5.41) is 8.65. The summed E-state index contributed by atoms with van der Waals surface area (Å²) in [5.41, 5.74) is 0. The first-order chi connectivity index (χ1) is 8.82. The largest absolute Gasteiger partial charge is 0.480 e. The van der Waals surface area contributed by atoms with Crippen molar-refractivity contribution in [2.24, 2.45) is 0 Å². The van der Waals surface area contributed by atoms with Crippen LogP contribution in [-0.4, -0.2) is 36.4 Å². The van der Waals surface area contributed by atoms with Gasteiger partial charge in [0.25, 0.3) is 0 Å². The number of nitrogens with zero attached hydrogens (tertiary/aromatic N) is 1. The Morgan fingerprint density at radius 1 is 1.47 bits per heavy atom. The van der Waals surface area contributed by atoms with E-state index >= 15 is 0 Å². The monoisotopic (exact) mass is 307 g/mol. The number of benzene rings is 1. The molecule has 0 unspecified atom stereocenters. The highest BCUT2D eigenvalue weighted by Crippen LogP contribution is 2.34. The normalized spacial score (nSPS) is 15.7. The van der Waals surface area contributed by atoms with Crippen LogP contribution >= 0.6 is 11.6 Å². The molecule has 1 aromatic rings. The Labute approximate surface area is 114 Å². The topological polar surface area (TPSA) is 74.7 Å². The maximum Gasteiger partial charge on any atom is 0.318 e. The van der Waals surface area contributed by atoms with E-state index in [1.165, 1.54) is 0 Å². The zero-order valence-electron chi connectivity index (χ0n) is 9.71. The summed E-state index contributed by atoms with van der Waals surface area (Å²) in [5.74, 6) is -2.00. The second-order valence-corrected chi connectivity index (χ2v) is 6.52. The minimum absolute atomic E-state index is 0.127. The smallest absolute Gasteiger partial charge is 0.318 e. The summed E-state index contributed by atoms with van der Waals surface area (Å²) in [6.45, 7) is -0.653. The van der Waals surface area contributed by atoms with Gasteiger partial charge in [-0.05, 0) is 31.0 Å². The van der Waals surface area contributed by atoms with E-state index in [1.807, 2.05) is 0 Å². The zero-order valence-corrected chi connectivity index (χ0v) is 11.3. The number of carboxylic acid groups (broad SMARTS) is 1. The van der Waals surface area contributed by atoms with Crippen molar-refractivity contribution < 1.29 is 22.7 Å². The van der Waals surface area contributed by atoms with Gasteiger partial charge >= 0.3 is 5.97 Å². The van der Waals surface area contributed by atoms with Gasteiger partial charge in [0.2, 0.25) is 10.0 Å². The Kier molecular flexibility index (Phi) is 3.80. The van der Waals surface area contributed by atoms with Gasteiger partial charge in [0.1, 0.15) is 17.3 Å². The van der Waals surface area contributed by atoms with Crippen LogP contribution in [0.1, 0.15) is 12.8 Å². The average molecular weight is 308 g/mol. The van der Waals surface area contributed by atoms with Crippen molar-refractivity contribution in [1.82, 2.24) is 4.31 Å².